The highest BCUT2D eigenvalue weighted by molar-refractivity contribution is 7.75. The standard InChI is InChI=1S/C32H68P.C4HN3/c1-5-9-13-17-18-19-20-21-22-23-24-28-32-33(29-25-14-10-6-2,30-26-15-11-7-3)31-27-16-12-8-4;5-1-4(2-6)3-7/h5-32H2,1-4H3;4H/q+1;. The Labute approximate surface area is 253 Å². The third-order valence-electron chi connectivity index (χ3n) is 8.33. The first-order valence-corrected chi connectivity index (χ1v) is 20.2. The van der Waals surface area contributed by atoms with Gasteiger partial charge in [0.2, 0.25) is 5.92 Å². The maximum Gasteiger partial charge on any atom is 0.218 e. The lowest BCUT2D eigenvalue weighted by Gasteiger charge is -2.28. The van der Waals surface area contributed by atoms with Crippen molar-refractivity contribution in [2.45, 2.75) is 182 Å². The van der Waals surface area contributed by atoms with Crippen LogP contribution in [0.25, 0.3) is 0 Å². The minimum absolute atomic E-state index is 0.697. The summed E-state index contributed by atoms with van der Waals surface area (Å²) in [7, 11) is -0.697. The highest BCUT2D eigenvalue weighted by Crippen LogP contribution is 2.61. The summed E-state index contributed by atoms with van der Waals surface area (Å²) < 4.78 is 0. The van der Waals surface area contributed by atoms with Gasteiger partial charge in [-0.3, -0.25) is 0 Å². The third-order valence-corrected chi connectivity index (χ3v) is 13.4. The fourth-order valence-electron chi connectivity index (χ4n) is 5.67. The van der Waals surface area contributed by atoms with E-state index in [-0.39, 0.29) is 0 Å². The van der Waals surface area contributed by atoms with Gasteiger partial charge in [0, 0.05) is 7.26 Å². The van der Waals surface area contributed by atoms with E-state index in [1.54, 1.807) is 50.3 Å². The van der Waals surface area contributed by atoms with E-state index in [1.807, 2.05) is 0 Å². The molecule has 4 heteroatoms. The zero-order chi connectivity index (χ0) is 30.0. The van der Waals surface area contributed by atoms with Crippen molar-refractivity contribution in [3.8, 4) is 18.2 Å². The summed E-state index contributed by atoms with van der Waals surface area (Å²) in [6.45, 7) is 9.41. The van der Waals surface area contributed by atoms with E-state index in [0.717, 1.165) is 0 Å². The molecular weight excluding hydrogens is 505 g/mol. The average molecular weight is 575 g/mol. The molecule has 0 fully saturated rings. The second-order valence-corrected chi connectivity index (χ2v) is 16.6. The third kappa shape index (κ3) is 28.4. The second kappa shape index (κ2) is 34.1. The molecule has 0 aliphatic heterocycles. The Morgan fingerprint density at radius 2 is 0.550 bits per heavy atom. The molecule has 0 aromatic heterocycles. The van der Waals surface area contributed by atoms with Crippen LogP contribution in [0.5, 0.6) is 0 Å². The normalized spacial score (nSPS) is 10.9. The van der Waals surface area contributed by atoms with Crippen molar-refractivity contribution in [1.29, 1.82) is 15.8 Å². The SMILES string of the molecule is CCCCCCCCCCCCCC[P+](CCCCCC)(CCCCCC)CCCCCC.N#CC(C#N)C#N. The van der Waals surface area contributed by atoms with Gasteiger partial charge in [-0.1, -0.05) is 130 Å². The van der Waals surface area contributed by atoms with E-state index in [4.69, 9.17) is 15.8 Å². The topological polar surface area (TPSA) is 71.4 Å². The lowest BCUT2D eigenvalue weighted by molar-refractivity contribution is 0.548. The minimum atomic E-state index is -1.10. The van der Waals surface area contributed by atoms with Gasteiger partial charge in [-0.2, -0.15) is 15.8 Å². The summed E-state index contributed by atoms with van der Waals surface area (Å²) in [6, 6.07) is 4.44. The predicted molar refractivity (Wildman–Crippen MR) is 180 cm³/mol. The van der Waals surface area contributed by atoms with Gasteiger partial charge in [0.1, 0.15) is 0 Å². The van der Waals surface area contributed by atoms with Gasteiger partial charge in [0.15, 0.2) is 0 Å². The summed E-state index contributed by atoms with van der Waals surface area (Å²) >= 11 is 0. The minimum Gasteiger partial charge on any atom is -0.196 e. The molecule has 0 aromatic rings. The molecule has 3 nitrogen and oxygen atoms in total. The Kier molecular flexibility index (Phi) is 35.0. The Morgan fingerprint density at radius 1 is 0.350 bits per heavy atom. The van der Waals surface area contributed by atoms with Crippen LogP contribution < -0.4 is 0 Å². The molecule has 0 bridgehead atoms. The first-order chi connectivity index (χ1) is 19.6. The lowest BCUT2D eigenvalue weighted by Crippen LogP contribution is -2.13. The monoisotopic (exact) mass is 575 g/mol. The van der Waals surface area contributed by atoms with Gasteiger partial charge < -0.3 is 0 Å². The summed E-state index contributed by atoms with van der Waals surface area (Å²) in [5, 5.41) is 23.5. The number of unbranched alkanes of at least 4 members (excludes halogenated alkanes) is 20. The highest BCUT2D eigenvalue weighted by Gasteiger charge is 2.34. The highest BCUT2D eigenvalue weighted by atomic mass is 31.2. The number of hydrogen-bond donors (Lipinski definition) is 0. The van der Waals surface area contributed by atoms with E-state index >= 15 is 0 Å². The molecule has 0 heterocycles. The molecule has 0 N–H and O–H groups in total. The van der Waals surface area contributed by atoms with E-state index in [1.165, 1.54) is 147 Å². The van der Waals surface area contributed by atoms with Crippen LogP contribution in [0, 0.1) is 39.9 Å². The first kappa shape index (κ1) is 41.0. The van der Waals surface area contributed by atoms with Gasteiger partial charge in [0.05, 0.1) is 42.9 Å². The predicted octanol–water partition coefficient (Wildman–Crippen LogP) is 12.6. The molecule has 0 unspecified atom stereocenters. The summed E-state index contributed by atoms with van der Waals surface area (Å²) in [5.74, 6) is -1.10. The summed E-state index contributed by atoms with van der Waals surface area (Å²) in [6.07, 6.45) is 42.1. The molecular formula is C36H69N3P+. The smallest absolute Gasteiger partial charge is 0.196 e. The number of nitriles is 3. The zero-order valence-corrected chi connectivity index (χ0v) is 28.6. The van der Waals surface area contributed by atoms with Crippen molar-refractivity contribution >= 4 is 7.26 Å². The Bertz CT molecular complexity index is 563. The van der Waals surface area contributed by atoms with Crippen LogP contribution in [0.2, 0.25) is 0 Å². The molecule has 0 aromatic carbocycles. The number of rotatable bonds is 28. The van der Waals surface area contributed by atoms with Gasteiger partial charge in [-0.25, -0.2) is 0 Å². The van der Waals surface area contributed by atoms with Crippen molar-refractivity contribution < 1.29 is 0 Å². The molecule has 0 rings (SSSR count). The van der Waals surface area contributed by atoms with Crippen LogP contribution >= 0.6 is 7.26 Å². The van der Waals surface area contributed by atoms with E-state index < -0.39 is 13.2 Å². The molecule has 0 atom stereocenters. The molecule has 0 amide bonds. The van der Waals surface area contributed by atoms with Crippen LogP contribution in [-0.4, -0.2) is 24.6 Å². The lowest BCUT2D eigenvalue weighted by atomic mass is 10.1. The number of nitrogens with zero attached hydrogens (tertiary/aromatic N) is 3. The quantitative estimate of drug-likeness (QED) is 0.0689. The number of hydrogen-bond acceptors (Lipinski definition) is 3. The first-order valence-electron chi connectivity index (χ1n) is 17.6. The van der Waals surface area contributed by atoms with Crippen LogP contribution in [0.1, 0.15) is 182 Å². The van der Waals surface area contributed by atoms with E-state index in [0.29, 0.717) is 0 Å². The molecule has 0 saturated heterocycles. The fraction of sp³-hybridized carbons (Fsp3) is 0.917. The molecule has 0 saturated carbocycles. The van der Waals surface area contributed by atoms with Crippen LogP contribution in [-0.2, 0) is 0 Å². The van der Waals surface area contributed by atoms with E-state index in [2.05, 4.69) is 27.7 Å². The van der Waals surface area contributed by atoms with Crippen molar-refractivity contribution in [2.75, 3.05) is 24.6 Å². The molecule has 232 valence electrons. The van der Waals surface area contributed by atoms with E-state index in [9.17, 15) is 0 Å². The summed E-state index contributed by atoms with van der Waals surface area (Å²) in [5.41, 5.74) is 0. The average Bonchev–Trinajstić information content (AvgIpc) is 2.97. The molecule has 0 radical (unpaired) electrons. The Balaban J connectivity index is 0. The molecule has 0 aliphatic rings. The maximum atomic E-state index is 7.83. The fourth-order valence-corrected chi connectivity index (χ4v) is 10.6. The zero-order valence-electron chi connectivity index (χ0n) is 27.7. The summed E-state index contributed by atoms with van der Waals surface area (Å²) in [4.78, 5) is 0. The second-order valence-electron chi connectivity index (χ2n) is 12.1. The maximum absolute atomic E-state index is 7.83. The van der Waals surface area contributed by atoms with Crippen molar-refractivity contribution in [3.05, 3.63) is 0 Å². The molecule has 0 spiro atoms. The van der Waals surface area contributed by atoms with Gasteiger partial charge in [-0.05, 0) is 51.4 Å². The Hall–Kier alpha value is -1.10. The van der Waals surface area contributed by atoms with Crippen LogP contribution in [0.3, 0.4) is 0 Å². The van der Waals surface area contributed by atoms with Gasteiger partial charge >= 0.3 is 0 Å². The van der Waals surface area contributed by atoms with Crippen molar-refractivity contribution in [2.24, 2.45) is 5.92 Å². The van der Waals surface area contributed by atoms with Crippen molar-refractivity contribution in [3.63, 3.8) is 0 Å². The largest absolute Gasteiger partial charge is 0.218 e. The van der Waals surface area contributed by atoms with Crippen molar-refractivity contribution in [1.82, 2.24) is 0 Å². The molecule has 40 heavy (non-hydrogen) atoms. The van der Waals surface area contributed by atoms with Gasteiger partial charge in [0.25, 0.3) is 0 Å². The molecule has 0 aliphatic carbocycles. The van der Waals surface area contributed by atoms with Crippen LogP contribution in [0.4, 0.5) is 0 Å². The van der Waals surface area contributed by atoms with Gasteiger partial charge in [-0.15, -0.1) is 0 Å². The van der Waals surface area contributed by atoms with Crippen LogP contribution in [0.15, 0.2) is 0 Å². The Morgan fingerprint density at radius 3 is 0.750 bits per heavy atom.